The third-order valence-electron chi connectivity index (χ3n) is 4.42. The molecule has 122 valence electrons. The third-order valence-corrected chi connectivity index (χ3v) is 4.42. The number of β-amino-alcohol motifs (C(OH)–C–C–N with tert-alkyl or cyclic N) is 1. The zero-order valence-electron chi connectivity index (χ0n) is 13.8. The molecule has 23 heavy (non-hydrogen) atoms. The van der Waals surface area contributed by atoms with E-state index in [0.29, 0.717) is 19.1 Å². The van der Waals surface area contributed by atoms with Gasteiger partial charge in [0.05, 0.1) is 18.8 Å². The highest BCUT2D eigenvalue weighted by Crippen LogP contribution is 2.30. The van der Waals surface area contributed by atoms with Crippen molar-refractivity contribution in [3.63, 3.8) is 0 Å². The van der Waals surface area contributed by atoms with Gasteiger partial charge in [0, 0.05) is 13.1 Å². The first-order chi connectivity index (χ1) is 11.1. The molecule has 2 atom stereocenters. The molecule has 1 fully saturated rings. The lowest BCUT2D eigenvalue weighted by Crippen LogP contribution is -2.26. The quantitative estimate of drug-likeness (QED) is 0.890. The molecule has 3 rings (SSSR count). The zero-order valence-corrected chi connectivity index (χ0v) is 13.8. The second-order valence-corrected chi connectivity index (χ2v) is 6.52. The summed E-state index contributed by atoms with van der Waals surface area (Å²) < 4.78 is 5.87. The van der Waals surface area contributed by atoms with E-state index in [1.54, 1.807) is 0 Å². The minimum Gasteiger partial charge on any atom is -0.389 e. The topological polar surface area (TPSA) is 41.5 Å². The summed E-state index contributed by atoms with van der Waals surface area (Å²) in [6.45, 7) is 6.32. The Morgan fingerprint density at radius 3 is 2.57 bits per heavy atom. The number of hydrogen-bond acceptors (Lipinski definition) is 3. The number of rotatable bonds is 5. The summed E-state index contributed by atoms with van der Waals surface area (Å²) in [6.07, 6.45) is -0.505. The van der Waals surface area contributed by atoms with Crippen LogP contribution in [-0.4, -0.2) is 30.4 Å². The van der Waals surface area contributed by atoms with Gasteiger partial charge < -0.3 is 15.2 Å². The van der Waals surface area contributed by atoms with E-state index in [9.17, 15) is 5.11 Å². The first kappa shape index (κ1) is 16.2. The van der Waals surface area contributed by atoms with Crippen molar-refractivity contribution in [3.05, 3.63) is 59.7 Å². The van der Waals surface area contributed by atoms with Crippen LogP contribution in [-0.2, 0) is 11.3 Å². The van der Waals surface area contributed by atoms with Crippen molar-refractivity contribution in [3.8, 4) is 11.1 Å². The largest absolute Gasteiger partial charge is 0.389 e. The molecule has 2 aromatic rings. The van der Waals surface area contributed by atoms with Gasteiger partial charge in [-0.25, -0.2) is 0 Å². The van der Waals surface area contributed by atoms with Gasteiger partial charge in [0.15, 0.2) is 0 Å². The van der Waals surface area contributed by atoms with Crippen LogP contribution in [0.3, 0.4) is 0 Å². The maximum Gasteiger partial charge on any atom is 0.0974 e. The molecule has 0 radical (unpaired) electrons. The normalized spacial score (nSPS) is 21.0. The summed E-state index contributed by atoms with van der Waals surface area (Å²) in [6, 6.07) is 17.0. The highest BCUT2D eigenvalue weighted by atomic mass is 16.5. The summed E-state index contributed by atoms with van der Waals surface area (Å²) in [5.41, 5.74) is 5.03. The molecular formula is C20H25NO2. The molecule has 3 heteroatoms. The average Bonchev–Trinajstić information content (AvgIpc) is 2.98. The predicted octanol–water partition coefficient (Wildman–Crippen LogP) is 3.33. The van der Waals surface area contributed by atoms with Crippen molar-refractivity contribution < 1.29 is 9.84 Å². The van der Waals surface area contributed by atoms with Crippen molar-refractivity contribution in [2.75, 3.05) is 13.1 Å². The summed E-state index contributed by atoms with van der Waals surface area (Å²) in [7, 11) is 0. The second kappa shape index (κ2) is 7.26. The van der Waals surface area contributed by atoms with Crippen LogP contribution in [0, 0.1) is 0 Å². The number of hydrogen-bond donors (Lipinski definition) is 2. The molecule has 1 saturated heterocycles. The van der Waals surface area contributed by atoms with Crippen LogP contribution in [0.25, 0.3) is 11.1 Å². The number of benzene rings is 2. The number of nitrogens with one attached hydrogen (secondary N) is 1. The Bertz CT molecular complexity index is 639. The fourth-order valence-corrected chi connectivity index (χ4v) is 3.07. The second-order valence-electron chi connectivity index (χ2n) is 6.52. The molecule has 0 spiro atoms. The van der Waals surface area contributed by atoms with Gasteiger partial charge in [-0.3, -0.25) is 0 Å². The molecule has 3 nitrogen and oxygen atoms in total. The van der Waals surface area contributed by atoms with Gasteiger partial charge in [0.2, 0.25) is 0 Å². The maximum atomic E-state index is 9.82. The molecule has 0 amide bonds. The van der Waals surface area contributed by atoms with E-state index in [1.807, 2.05) is 6.07 Å². The first-order valence-electron chi connectivity index (χ1n) is 8.34. The van der Waals surface area contributed by atoms with Gasteiger partial charge >= 0.3 is 0 Å². The lowest BCUT2D eigenvalue weighted by Gasteiger charge is -2.18. The molecule has 0 aromatic heterocycles. The maximum absolute atomic E-state index is 9.82. The van der Waals surface area contributed by atoms with Crippen LogP contribution in [0.5, 0.6) is 0 Å². The van der Waals surface area contributed by atoms with E-state index in [0.717, 1.165) is 12.1 Å². The minimum absolute atomic E-state index is 0.105. The van der Waals surface area contributed by atoms with E-state index < -0.39 is 6.10 Å². The standard InChI is InChI=1S/C20H25NO2/c1-14(2)18-10-15(13-23-20-12-21-11-19(20)22)8-9-17(18)16-6-4-3-5-7-16/h3-10,14,19-22H,11-13H2,1-2H3/t19-,20-/m0/s1. The Labute approximate surface area is 138 Å². The Hall–Kier alpha value is -1.68. The highest BCUT2D eigenvalue weighted by Gasteiger charge is 2.25. The van der Waals surface area contributed by atoms with Gasteiger partial charge in [-0.2, -0.15) is 0 Å². The van der Waals surface area contributed by atoms with Crippen molar-refractivity contribution in [2.24, 2.45) is 0 Å². The Morgan fingerprint density at radius 1 is 1.13 bits per heavy atom. The van der Waals surface area contributed by atoms with E-state index in [4.69, 9.17) is 4.74 Å². The summed E-state index contributed by atoms with van der Waals surface area (Å²) in [5.74, 6) is 0.448. The first-order valence-corrected chi connectivity index (χ1v) is 8.34. The van der Waals surface area contributed by atoms with Crippen molar-refractivity contribution in [1.82, 2.24) is 5.32 Å². The summed E-state index contributed by atoms with van der Waals surface area (Å²) in [5, 5.41) is 13.0. The summed E-state index contributed by atoms with van der Waals surface area (Å²) in [4.78, 5) is 0. The lowest BCUT2D eigenvalue weighted by molar-refractivity contribution is -0.0169. The summed E-state index contributed by atoms with van der Waals surface area (Å²) >= 11 is 0. The van der Waals surface area contributed by atoms with Gasteiger partial charge in [-0.05, 0) is 28.2 Å². The highest BCUT2D eigenvalue weighted by molar-refractivity contribution is 5.68. The Morgan fingerprint density at radius 2 is 1.91 bits per heavy atom. The van der Waals surface area contributed by atoms with Crippen LogP contribution >= 0.6 is 0 Å². The SMILES string of the molecule is CC(C)c1cc(CO[C@H]2CNC[C@@H]2O)ccc1-c1ccccc1. The van der Waals surface area contributed by atoms with Gasteiger partial charge in [0.25, 0.3) is 0 Å². The van der Waals surface area contributed by atoms with Crippen molar-refractivity contribution in [2.45, 2.75) is 38.6 Å². The number of aliphatic hydroxyl groups excluding tert-OH is 1. The van der Waals surface area contributed by atoms with Crippen molar-refractivity contribution in [1.29, 1.82) is 0 Å². The van der Waals surface area contributed by atoms with Gasteiger partial charge in [-0.15, -0.1) is 0 Å². The van der Waals surface area contributed by atoms with Crippen LogP contribution < -0.4 is 5.32 Å². The molecule has 1 aliphatic rings. The molecule has 2 aromatic carbocycles. The molecule has 1 aliphatic heterocycles. The van der Waals surface area contributed by atoms with Crippen LogP contribution in [0.15, 0.2) is 48.5 Å². The smallest absolute Gasteiger partial charge is 0.0974 e. The lowest BCUT2D eigenvalue weighted by atomic mass is 9.91. The zero-order chi connectivity index (χ0) is 16.2. The van der Waals surface area contributed by atoms with Crippen LogP contribution in [0.2, 0.25) is 0 Å². The van der Waals surface area contributed by atoms with E-state index in [2.05, 4.69) is 61.6 Å². The van der Waals surface area contributed by atoms with E-state index in [1.165, 1.54) is 16.7 Å². The Kier molecular flexibility index (Phi) is 5.11. The number of aliphatic hydroxyl groups is 1. The molecular weight excluding hydrogens is 286 g/mol. The molecule has 1 heterocycles. The Balaban J connectivity index is 1.79. The molecule has 0 bridgehead atoms. The molecule has 2 N–H and O–H groups in total. The van der Waals surface area contributed by atoms with Crippen LogP contribution in [0.4, 0.5) is 0 Å². The van der Waals surface area contributed by atoms with Gasteiger partial charge in [0.1, 0.15) is 0 Å². The predicted molar refractivity (Wildman–Crippen MR) is 93.4 cm³/mol. The monoisotopic (exact) mass is 311 g/mol. The molecule has 0 unspecified atom stereocenters. The minimum atomic E-state index is -0.400. The molecule has 0 aliphatic carbocycles. The fraction of sp³-hybridized carbons (Fsp3) is 0.400. The average molecular weight is 311 g/mol. The third kappa shape index (κ3) is 3.81. The fourth-order valence-electron chi connectivity index (χ4n) is 3.07. The van der Waals surface area contributed by atoms with Crippen molar-refractivity contribution >= 4 is 0 Å². The molecule has 0 saturated carbocycles. The number of ether oxygens (including phenoxy) is 1. The van der Waals surface area contributed by atoms with Gasteiger partial charge in [-0.1, -0.05) is 62.4 Å². The van der Waals surface area contributed by atoms with Crippen LogP contribution in [0.1, 0.15) is 30.9 Å². The van der Waals surface area contributed by atoms with E-state index >= 15 is 0 Å². The van der Waals surface area contributed by atoms with E-state index in [-0.39, 0.29) is 6.10 Å².